The summed E-state index contributed by atoms with van der Waals surface area (Å²) in [5, 5.41) is 11.4. The van der Waals surface area contributed by atoms with E-state index in [0.29, 0.717) is 0 Å². The van der Waals surface area contributed by atoms with E-state index >= 15 is 0 Å². The second-order valence-corrected chi connectivity index (χ2v) is 4.70. The minimum atomic E-state index is -0.208. The van der Waals surface area contributed by atoms with E-state index in [1.165, 1.54) is 10.4 Å². The maximum atomic E-state index is 9.26. The number of nitrogens with zero attached hydrogens (tertiary/aromatic N) is 1. The fourth-order valence-corrected chi connectivity index (χ4v) is 2.73. The van der Waals surface area contributed by atoms with Crippen LogP contribution in [0, 0.1) is 0 Å². The first-order chi connectivity index (χ1) is 6.25. The zero-order chi connectivity index (χ0) is 9.26. The summed E-state index contributed by atoms with van der Waals surface area (Å²) in [6.07, 6.45) is 0.944. The van der Waals surface area contributed by atoms with E-state index in [2.05, 4.69) is 16.3 Å². The van der Waals surface area contributed by atoms with Crippen LogP contribution >= 0.6 is 11.3 Å². The summed E-state index contributed by atoms with van der Waals surface area (Å²) in [6, 6.07) is 2.20. The molecule has 1 aromatic heterocycles. The molecule has 0 saturated heterocycles. The Kier molecular flexibility index (Phi) is 2.67. The molecule has 0 saturated carbocycles. The van der Waals surface area contributed by atoms with E-state index in [-0.39, 0.29) is 6.10 Å². The quantitative estimate of drug-likeness (QED) is 0.776. The van der Waals surface area contributed by atoms with E-state index in [4.69, 9.17) is 0 Å². The lowest BCUT2D eigenvalue weighted by Crippen LogP contribution is -2.34. The van der Waals surface area contributed by atoms with Crippen LogP contribution in [0.4, 0.5) is 0 Å². The summed E-state index contributed by atoms with van der Waals surface area (Å²) in [5.74, 6) is 0. The molecule has 0 aromatic carbocycles. The Bertz CT molecular complexity index is 282. The molecule has 2 heterocycles. The van der Waals surface area contributed by atoms with Crippen LogP contribution in [0.3, 0.4) is 0 Å². The van der Waals surface area contributed by atoms with Gasteiger partial charge >= 0.3 is 0 Å². The number of rotatable bonds is 2. The van der Waals surface area contributed by atoms with Crippen molar-refractivity contribution in [2.24, 2.45) is 0 Å². The molecular weight excluding hydrogens is 182 g/mol. The van der Waals surface area contributed by atoms with Gasteiger partial charge in [0, 0.05) is 24.5 Å². The van der Waals surface area contributed by atoms with Crippen LogP contribution < -0.4 is 0 Å². The van der Waals surface area contributed by atoms with Crippen molar-refractivity contribution in [3.63, 3.8) is 0 Å². The average molecular weight is 197 g/mol. The molecule has 2 nitrogen and oxygen atoms in total. The minimum absolute atomic E-state index is 0.208. The SMILES string of the molecule is C[C@H](O)CN1CCc2sccc2C1. The summed E-state index contributed by atoms with van der Waals surface area (Å²) in [5.41, 5.74) is 1.46. The van der Waals surface area contributed by atoms with Crippen molar-refractivity contribution in [2.75, 3.05) is 13.1 Å². The van der Waals surface area contributed by atoms with Crippen molar-refractivity contribution in [3.05, 3.63) is 21.9 Å². The maximum Gasteiger partial charge on any atom is 0.0639 e. The van der Waals surface area contributed by atoms with Gasteiger partial charge in [0.15, 0.2) is 0 Å². The summed E-state index contributed by atoms with van der Waals surface area (Å²) in [7, 11) is 0. The first kappa shape index (κ1) is 9.19. The third-order valence-corrected chi connectivity index (χ3v) is 3.43. The van der Waals surface area contributed by atoms with Crippen LogP contribution in [-0.2, 0) is 13.0 Å². The number of aliphatic hydroxyl groups excluding tert-OH is 1. The minimum Gasteiger partial charge on any atom is -0.392 e. The van der Waals surface area contributed by atoms with Gasteiger partial charge in [0.05, 0.1) is 6.10 Å². The third-order valence-electron chi connectivity index (χ3n) is 2.41. The number of fused-ring (bicyclic) bond motifs is 1. The van der Waals surface area contributed by atoms with Gasteiger partial charge in [-0.05, 0) is 30.4 Å². The lowest BCUT2D eigenvalue weighted by Gasteiger charge is -2.27. The summed E-state index contributed by atoms with van der Waals surface area (Å²) in [6.45, 7) is 4.76. The summed E-state index contributed by atoms with van der Waals surface area (Å²) < 4.78 is 0. The van der Waals surface area contributed by atoms with Crippen LogP contribution in [0.25, 0.3) is 0 Å². The lowest BCUT2D eigenvalue weighted by molar-refractivity contribution is 0.119. The molecule has 0 fully saturated rings. The van der Waals surface area contributed by atoms with Gasteiger partial charge in [0.1, 0.15) is 0 Å². The van der Waals surface area contributed by atoms with Crippen LogP contribution in [0.2, 0.25) is 0 Å². The van der Waals surface area contributed by atoms with Gasteiger partial charge in [-0.25, -0.2) is 0 Å². The smallest absolute Gasteiger partial charge is 0.0639 e. The summed E-state index contributed by atoms with van der Waals surface area (Å²) in [4.78, 5) is 3.85. The number of thiophene rings is 1. The highest BCUT2D eigenvalue weighted by atomic mass is 32.1. The summed E-state index contributed by atoms with van der Waals surface area (Å²) >= 11 is 1.86. The highest BCUT2D eigenvalue weighted by Gasteiger charge is 2.17. The molecule has 1 aromatic rings. The topological polar surface area (TPSA) is 23.5 Å². The molecule has 3 heteroatoms. The molecule has 1 aliphatic heterocycles. The van der Waals surface area contributed by atoms with Gasteiger partial charge in [0.25, 0.3) is 0 Å². The number of hydrogen-bond donors (Lipinski definition) is 1. The molecule has 13 heavy (non-hydrogen) atoms. The van der Waals surface area contributed by atoms with Crippen molar-refractivity contribution in [1.82, 2.24) is 4.90 Å². The van der Waals surface area contributed by atoms with Crippen molar-refractivity contribution in [1.29, 1.82) is 0 Å². The fourth-order valence-electron chi connectivity index (χ4n) is 1.84. The van der Waals surface area contributed by atoms with Crippen LogP contribution in [0.15, 0.2) is 11.4 Å². The Morgan fingerprint density at radius 2 is 2.54 bits per heavy atom. The van der Waals surface area contributed by atoms with Crippen LogP contribution in [-0.4, -0.2) is 29.2 Å². The zero-order valence-electron chi connectivity index (χ0n) is 7.86. The third kappa shape index (κ3) is 2.10. The Balaban J connectivity index is 2.00. The van der Waals surface area contributed by atoms with Crippen molar-refractivity contribution in [2.45, 2.75) is 26.0 Å². The Hall–Kier alpha value is -0.380. The van der Waals surface area contributed by atoms with Gasteiger partial charge < -0.3 is 5.11 Å². The zero-order valence-corrected chi connectivity index (χ0v) is 8.68. The molecule has 1 atom stereocenters. The number of aliphatic hydroxyl groups is 1. The van der Waals surface area contributed by atoms with Crippen molar-refractivity contribution in [3.8, 4) is 0 Å². The van der Waals surface area contributed by atoms with Crippen LogP contribution in [0.1, 0.15) is 17.4 Å². The van der Waals surface area contributed by atoms with E-state index in [0.717, 1.165) is 26.1 Å². The fraction of sp³-hybridized carbons (Fsp3) is 0.600. The molecular formula is C10H15NOS. The molecule has 0 amide bonds. The largest absolute Gasteiger partial charge is 0.392 e. The average Bonchev–Trinajstić information content (AvgIpc) is 2.49. The maximum absolute atomic E-state index is 9.26. The first-order valence-electron chi connectivity index (χ1n) is 4.71. The Labute approximate surface area is 82.8 Å². The second kappa shape index (κ2) is 3.78. The normalized spacial score (nSPS) is 19.8. The van der Waals surface area contributed by atoms with Gasteiger partial charge in [-0.2, -0.15) is 0 Å². The van der Waals surface area contributed by atoms with Crippen LogP contribution in [0.5, 0.6) is 0 Å². The molecule has 72 valence electrons. The first-order valence-corrected chi connectivity index (χ1v) is 5.59. The van der Waals surface area contributed by atoms with Gasteiger partial charge in [0.2, 0.25) is 0 Å². The predicted molar refractivity (Wildman–Crippen MR) is 55.0 cm³/mol. The highest BCUT2D eigenvalue weighted by Crippen LogP contribution is 2.23. The van der Waals surface area contributed by atoms with E-state index < -0.39 is 0 Å². The molecule has 0 spiro atoms. The molecule has 0 aliphatic carbocycles. The predicted octanol–water partition coefficient (Wildman–Crippen LogP) is 1.49. The van der Waals surface area contributed by atoms with Gasteiger partial charge in [-0.3, -0.25) is 4.90 Å². The molecule has 0 unspecified atom stereocenters. The Morgan fingerprint density at radius 1 is 1.69 bits per heavy atom. The second-order valence-electron chi connectivity index (χ2n) is 3.70. The highest BCUT2D eigenvalue weighted by molar-refractivity contribution is 7.10. The van der Waals surface area contributed by atoms with E-state index in [9.17, 15) is 5.11 Å². The van der Waals surface area contributed by atoms with Gasteiger partial charge in [-0.15, -0.1) is 11.3 Å². The standard InChI is InChI=1S/C10H15NOS/c1-8(12)6-11-4-2-10-9(7-11)3-5-13-10/h3,5,8,12H,2,4,6-7H2,1H3/t8-/m0/s1. The molecule has 2 rings (SSSR count). The molecule has 1 N–H and O–H groups in total. The number of hydrogen-bond acceptors (Lipinski definition) is 3. The van der Waals surface area contributed by atoms with Crippen molar-refractivity contribution >= 4 is 11.3 Å². The van der Waals surface area contributed by atoms with Crippen molar-refractivity contribution < 1.29 is 5.11 Å². The molecule has 0 radical (unpaired) electrons. The molecule has 0 bridgehead atoms. The molecule has 1 aliphatic rings. The van der Waals surface area contributed by atoms with Gasteiger partial charge in [-0.1, -0.05) is 0 Å². The monoisotopic (exact) mass is 197 g/mol. The number of β-amino-alcohol motifs (C(OH)–C–C–N with tert-alkyl or cyclic N) is 1. The Morgan fingerprint density at radius 3 is 3.31 bits per heavy atom. The lowest BCUT2D eigenvalue weighted by atomic mass is 10.1. The van der Waals surface area contributed by atoms with E-state index in [1.54, 1.807) is 0 Å². The van der Waals surface area contributed by atoms with E-state index in [1.807, 2.05) is 18.3 Å².